The van der Waals surface area contributed by atoms with E-state index in [9.17, 15) is 31.5 Å². The molecule has 0 bridgehead atoms. The highest BCUT2D eigenvalue weighted by Gasteiger charge is 2.44. The minimum atomic E-state index is -4.75. The van der Waals surface area contributed by atoms with Crippen molar-refractivity contribution >= 4 is 11.9 Å². The predicted molar refractivity (Wildman–Crippen MR) is 144 cm³/mol. The Labute approximate surface area is 251 Å². The predicted octanol–water partition coefficient (Wildman–Crippen LogP) is 5.78. The molecule has 45 heavy (non-hydrogen) atoms. The quantitative estimate of drug-likeness (QED) is 0.202. The number of rotatable bonds is 7. The minimum absolute atomic E-state index is 0.0202. The molecule has 234 valence electrons. The number of fused-ring (bicyclic) bond motifs is 2. The molecule has 1 unspecified atom stereocenters. The SMILES string of the molecule is COC(=O)c1ccc(OC2CCCc3c(C(F)(F)F)nn(-c4cccc(C(=O)NCc5ccc6c(c5)OC(F)(F)O6)c4)c32)nc1. The van der Waals surface area contributed by atoms with Crippen LogP contribution in [0.4, 0.5) is 22.0 Å². The maximum Gasteiger partial charge on any atom is 0.586 e. The van der Waals surface area contributed by atoms with Crippen LogP contribution in [0, 0.1) is 0 Å². The van der Waals surface area contributed by atoms with Gasteiger partial charge in [0.2, 0.25) is 5.88 Å². The molecule has 10 nitrogen and oxygen atoms in total. The number of hydrogen-bond acceptors (Lipinski definition) is 8. The second kappa shape index (κ2) is 11.4. The molecule has 0 radical (unpaired) electrons. The Kier molecular flexibility index (Phi) is 7.54. The summed E-state index contributed by atoms with van der Waals surface area (Å²) in [7, 11) is 1.22. The molecule has 0 fully saturated rings. The number of hydrogen-bond donors (Lipinski definition) is 1. The van der Waals surface area contributed by atoms with Crippen molar-refractivity contribution in [2.75, 3.05) is 7.11 Å². The molecular formula is C30H23F5N4O6. The monoisotopic (exact) mass is 630 g/mol. The third-order valence-electron chi connectivity index (χ3n) is 7.18. The van der Waals surface area contributed by atoms with Crippen LogP contribution in [0.3, 0.4) is 0 Å². The second-order valence-corrected chi connectivity index (χ2v) is 10.2. The lowest BCUT2D eigenvalue weighted by molar-refractivity contribution is -0.286. The lowest BCUT2D eigenvalue weighted by Crippen LogP contribution is -2.26. The van der Waals surface area contributed by atoms with Crippen LogP contribution in [0.2, 0.25) is 0 Å². The topological polar surface area (TPSA) is 114 Å². The number of carbonyl (C=O) groups is 2. The van der Waals surface area contributed by atoms with Gasteiger partial charge in [-0.05, 0) is 61.2 Å². The fourth-order valence-electron chi connectivity index (χ4n) is 5.18. The molecule has 15 heteroatoms. The zero-order valence-electron chi connectivity index (χ0n) is 23.4. The number of nitrogens with one attached hydrogen (secondary N) is 1. The average Bonchev–Trinajstić information content (AvgIpc) is 3.57. The number of alkyl halides is 5. The van der Waals surface area contributed by atoms with Gasteiger partial charge in [-0.25, -0.2) is 14.5 Å². The Hall–Kier alpha value is -5.21. The van der Waals surface area contributed by atoms with E-state index in [0.717, 1.165) is 4.68 Å². The highest BCUT2D eigenvalue weighted by Crippen LogP contribution is 2.42. The first-order chi connectivity index (χ1) is 21.4. The number of halogens is 5. The van der Waals surface area contributed by atoms with Crippen LogP contribution in [0.1, 0.15) is 62.2 Å². The van der Waals surface area contributed by atoms with Crippen LogP contribution in [-0.4, -0.2) is 40.0 Å². The van der Waals surface area contributed by atoms with Gasteiger partial charge in [-0.1, -0.05) is 12.1 Å². The molecular weight excluding hydrogens is 607 g/mol. The molecule has 3 heterocycles. The van der Waals surface area contributed by atoms with Gasteiger partial charge in [0.1, 0.15) is 6.10 Å². The van der Waals surface area contributed by atoms with E-state index in [4.69, 9.17) is 4.74 Å². The summed E-state index contributed by atoms with van der Waals surface area (Å²) in [6, 6.07) is 12.8. The molecule has 0 spiro atoms. The van der Waals surface area contributed by atoms with Gasteiger partial charge in [0.15, 0.2) is 17.2 Å². The smallest absolute Gasteiger partial charge is 0.468 e. The summed E-state index contributed by atoms with van der Waals surface area (Å²) in [6.45, 7) is -0.0572. The fourth-order valence-corrected chi connectivity index (χ4v) is 5.18. The standard InChI is InChI=1S/C30H23F5N4O6/c1-42-28(41)18-9-11-24(36-15-18)43-22-7-3-6-20-25(22)39(38-26(20)29(31,32)33)19-5-2-4-17(13-19)27(40)37-14-16-8-10-21-23(12-16)45-30(34,35)44-21/h2,4-5,8-13,15,22H,3,6-7,14H2,1H3,(H,37,40). The molecule has 2 aliphatic rings. The maximum absolute atomic E-state index is 14.1. The van der Waals surface area contributed by atoms with Crippen molar-refractivity contribution in [1.29, 1.82) is 0 Å². The number of carbonyl (C=O) groups excluding carboxylic acids is 2. The molecule has 1 amide bonds. The fraction of sp³-hybridized carbons (Fsp3) is 0.267. The molecule has 1 aliphatic heterocycles. The number of pyridine rings is 1. The molecule has 4 aromatic rings. The van der Waals surface area contributed by atoms with Crippen molar-refractivity contribution in [3.05, 3.63) is 94.4 Å². The van der Waals surface area contributed by atoms with E-state index < -0.39 is 36.1 Å². The van der Waals surface area contributed by atoms with E-state index in [0.29, 0.717) is 18.4 Å². The third-order valence-corrected chi connectivity index (χ3v) is 7.18. The summed E-state index contributed by atoms with van der Waals surface area (Å²) in [5.74, 6) is -1.41. The van der Waals surface area contributed by atoms with Crippen molar-refractivity contribution < 1.29 is 50.5 Å². The largest absolute Gasteiger partial charge is 0.586 e. The van der Waals surface area contributed by atoms with Gasteiger partial charge in [0, 0.05) is 29.9 Å². The highest BCUT2D eigenvalue weighted by molar-refractivity contribution is 5.94. The van der Waals surface area contributed by atoms with Crippen LogP contribution >= 0.6 is 0 Å². The number of nitrogens with zero attached hydrogens (tertiary/aromatic N) is 3. The number of benzene rings is 2. The van der Waals surface area contributed by atoms with E-state index >= 15 is 0 Å². The van der Waals surface area contributed by atoms with Gasteiger partial charge in [-0.3, -0.25) is 4.79 Å². The molecule has 1 aliphatic carbocycles. The first-order valence-electron chi connectivity index (χ1n) is 13.6. The first-order valence-corrected chi connectivity index (χ1v) is 13.6. The van der Waals surface area contributed by atoms with E-state index in [1.54, 1.807) is 0 Å². The molecule has 1 N–H and O–H groups in total. The summed E-state index contributed by atoms with van der Waals surface area (Å²) in [5, 5.41) is 6.58. The normalized spacial score (nSPS) is 16.5. The Balaban J connectivity index is 1.26. The number of aromatic nitrogens is 3. The lowest BCUT2D eigenvalue weighted by atomic mass is 9.93. The maximum atomic E-state index is 14.1. The molecule has 0 saturated heterocycles. The number of methoxy groups -OCH3 is 1. The lowest BCUT2D eigenvalue weighted by Gasteiger charge is -2.25. The zero-order valence-corrected chi connectivity index (χ0v) is 23.4. The van der Waals surface area contributed by atoms with Crippen molar-refractivity contribution in [3.8, 4) is 23.1 Å². The summed E-state index contributed by atoms with van der Waals surface area (Å²) >= 11 is 0. The van der Waals surface area contributed by atoms with Crippen molar-refractivity contribution in [1.82, 2.24) is 20.1 Å². The van der Waals surface area contributed by atoms with E-state index in [2.05, 4.69) is 29.6 Å². The van der Waals surface area contributed by atoms with Crippen LogP contribution in [0.5, 0.6) is 17.4 Å². The Bertz CT molecular complexity index is 1770. The van der Waals surface area contributed by atoms with E-state index in [1.807, 2.05) is 0 Å². The highest BCUT2D eigenvalue weighted by atomic mass is 19.4. The Morgan fingerprint density at radius 1 is 1.07 bits per heavy atom. The van der Waals surface area contributed by atoms with Gasteiger partial charge in [0.25, 0.3) is 5.91 Å². The molecule has 0 saturated carbocycles. The molecule has 6 rings (SSSR count). The Morgan fingerprint density at radius 3 is 2.60 bits per heavy atom. The zero-order chi connectivity index (χ0) is 31.9. The minimum Gasteiger partial charge on any atom is -0.468 e. The van der Waals surface area contributed by atoms with Gasteiger partial charge in [0.05, 0.1) is 24.1 Å². The number of ether oxygens (including phenoxy) is 4. The van der Waals surface area contributed by atoms with Gasteiger partial charge < -0.3 is 24.3 Å². The van der Waals surface area contributed by atoms with Gasteiger partial charge in [-0.2, -0.15) is 18.3 Å². The van der Waals surface area contributed by atoms with E-state index in [-0.39, 0.29) is 58.4 Å². The third kappa shape index (κ3) is 6.10. The van der Waals surface area contributed by atoms with Crippen molar-refractivity contribution in [3.63, 3.8) is 0 Å². The van der Waals surface area contributed by atoms with Gasteiger partial charge >= 0.3 is 18.4 Å². The number of amides is 1. The van der Waals surface area contributed by atoms with Crippen molar-refractivity contribution in [2.24, 2.45) is 0 Å². The van der Waals surface area contributed by atoms with Gasteiger partial charge in [-0.15, -0.1) is 8.78 Å². The molecule has 2 aromatic carbocycles. The summed E-state index contributed by atoms with van der Waals surface area (Å²) in [5.41, 5.74) is 0.0194. The summed E-state index contributed by atoms with van der Waals surface area (Å²) < 4.78 is 89.6. The van der Waals surface area contributed by atoms with Crippen LogP contribution in [-0.2, 0) is 23.9 Å². The van der Waals surface area contributed by atoms with Crippen LogP contribution in [0.25, 0.3) is 5.69 Å². The number of esters is 1. The van der Waals surface area contributed by atoms with E-state index in [1.165, 1.54) is 67.9 Å². The van der Waals surface area contributed by atoms with Crippen molar-refractivity contribution in [2.45, 2.75) is 44.4 Å². The summed E-state index contributed by atoms with van der Waals surface area (Å²) in [6.07, 6.45) is -7.29. The average molecular weight is 631 g/mol. The van der Waals surface area contributed by atoms with Crippen LogP contribution < -0.4 is 19.5 Å². The van der Waals surface area contributed by atoms with Crippen LogP contribution in [0.15, 0.2) is 60.8 Å². The molecule has 1 atom stereocenters. The molecule has 2 aromatic heterocycles. The second-order valence-electron chi connectivity index (χ2n) is 10.2. The summed E-state index contributed by atoms with van der Waals surface area (Å²) in [4.78, 5) is 28.9. The first kappa shape index (κ1) is 29.8. The Morgan fingerprint density at radius 2 is 1.87 bits per heavy atom.